The molecule has 2 aliphatic carbocycles. The highest BCUT2D eigenvalue weighted by molar-refractivity contribution is 5.79. The van der Waals surface area contributed by atoms with E-state index >= 15 is 0 Å². The lowest BCUT2D eigenvalue weighted by Crippen LogP contribution is -2.45. The molecule has 2 saturated carbocycles. The summed E-state index contributed by atoms with van der Waals surface area (Å²) in [5.74, 6) is 0.119. The van der Waals surface area contributed by atoms with Crippen LogP contribution < -0.4 is 5.32 Å². The van der Waals surface area contributed by atoms with Gasteiger partial charge in [-0.3, -0.25) is 4.79 Å². The van der Waals surface area contributed by atoms with Gasteiger partial charge >= 0.3 is 0 Å². The summed E-state index contributed by atoms with van der Waals surface area (Å²) >= 11 is 0. The molecule has 1 aliphatic heterocycles. The summed E-state index contributed by atoms with van der Waals surface area (Å²) in [5.41, 5.74) is 0.598. The third-order valence-corrected chi connectivity index (χ3v) is 7.22. The Morgan fingerprint density at radius 2 is 1.54 bits per heavy atom. The van der Waals surface area contributed by atoms with Crippen LogP contribution >= 0.6 is 0 Å². The Hall–Kier alpha value is -1.08. The molecule has 3 fully saturated rings. The van der Waals surface area contributed by atoms with Gasteiger partial charge in [0, 0.05) is 12.6 Å². The van der Waals surface area contributed by atoms with E-state index in [9.17, 15) is 4.79 Å². The number of carbonyl (C=O) groups excluding carboxylic acids is 1. The van der Waals surface area contributed by atoms with Gasteiger partial charge in [0.15, 0.2) is 0 Å². The molecule has 1 saturated heterocycles. The molecule has 0 aromatic carbocycles. The van der Waals surface area contributed by atoms with Crippen LogP contribution in [0.4, 0.5) is 0 Å². The van der Waals surface area contributed by atoms with Crippen LogP contribution in [0.2, 0.25) is 0 Å². The lowest BCUT2D eigenvalue weighted by atomic mass is 9.66. The first-order valence-electron chi connectivity index (χ1n) is 11.1. The van der Waals surface area contributed by atoms with Crippen molar-refractivity contribution in [2.75, 3.05) is 13.1 Å². The van der Waals surface area contributed by atoms with Gasteiger partial charge in [-0.1, -0.05) is 44.9 Å². The first-order chi connectivity index (χ1) is 12.7. The molecule has 1 spiro atoms. The monoisotopic (exact) mass is 359 g/mol. The average Bonchev–Trinajstić information content (AvgIpc) is 3.15. The topological polar surface area (TPSA) is 56.1 Å². The van der Waals surface area contributed by atoms with Crippen LogP contribution in [0.25, 0.3) is 0 Å². The maximum absolute atomic E-state index is 12.4. The lowest BCUT2D eigenvalue weighted by Gasteiger charge is -2.41. The van der Waals surface area contributed by atoms with Crippen LogP contribution in [-0.2, 0) is 4.79 Å². The second-order valence-corrected chi connectivity index (χ2v) is 9.00. The first-order valence-corrected chi connectivity index (χ1v) is 11.1. The molecule has 1 atom stereocenters. The van der Waals surface area contributed by atoms with Gasteiger partial charge in [0.2, 0.25) is 5.91 Å². The summed E-state index contributed by atoms with van der Waals surface area (Å²) in [4.78, 5) is 14.2. The summed E-state index contributed by atoms with van der Waals surface area (Å²) in [7, 11) is 0. The molecule has 1 N–H and O–H groups in total. The molecule has 146 valence electrons. The predicted octanol–water partition coefficient (Wildman–Crippen LogP) is 4.54. The summed E-state index contributed by atoms with van der Waals surface area (Å²) in [6.07, 6.45) is 19.8. The number of nitrogens with one attached hydrogen (secondary N) is 1. The Balaban J connectivity index is 1.42. The zero-order valence-electron chi connectivity index (χ0n) is 16.5. The second-order valence-electron chi connectivity index (χ2n) is 9.00. The van der Waals surface area contributed by atoms with Crippen LogP contribution in [0.5, 0.6) is 0 Å². The number of nitrogens with zero attached hydrogens (tertiary/aromatic N) is 2. The van der Waals surface area contributed by atoms with E-state index in [1.54, 1.807) is 4.90 Å². The van der Waals surface area contributed by atoms with Crippen molar-refractivity contribution in [1.29, 1.82) is 5.26 Å². The second kappa shape index (κ2) is 9.74. The molecule has 3 aliphatic rings. The van der Waals surface area contributed by atoms with Crippen molar-refractivity contribution in [3.05, 3.63) is 0 Å². The molecule has 0 aromatic heterocycles. The van der Waals surface area contributed by atoms with Crippen LogP contribution in [0.15, 0.2) is 0 Å². The van der Waals surface area contributed by atoms with Crippen molar-refractivity contribution in [3.8, 4) is 6.07 Å². The minimum atomic E-state index is -0.193. The number of likely N-dealkylation sites (tertiary alicyclic amines) is 1. The molecular formula is C22H37N3O. The van der Waals surface area contributed by atoms with Gasteiger partial charge in [0.05, 0.1) is 12.6 Å². The third kappa shape index (κ3) is 5.22. The molecule has 4 heteroatoms. The predicted molar refractivity (Wildman–Crippen MR) is 105 cm³/mol. The van der Waals surface area contributed by atoms with Gasteiger partial charge in [-0.2, -0.15) is 5.26 Å². The number of nitriles is 1. The third-order valence-electron chi connectivity index (χ3n) is 7.22. The first kappa shape index (κ1) is 19.7. The quantitative estimate of drug-likeness (QED) is 0.804. The normalized spacial score (nSPS) is 28.0. The van der Waals surface area contributed by atoms with Crippen molar-refractivity contribution >= 4 is 5.91 Å². The van der Waals surface area contributed by atoms with Gasteiger partial charge in [0.1, 0.15) is 6.04 Å². The van der Waals surface area contributed by atoms with Crippen molar-refractivity contribution in [2.45, 2.75) is 108 Å². The molecule has 1 heterocycles. The minimum absolute atomic E-state index is 0.119. The Morgan fingerprint density at radius 3 is 2.15 bits per heavy atom. The molecule has 0 bridgehead atoms. The highest BCUT2D eigenvalue weighted by Crippen LogP contribution is 2.45. The van der Waals surface area contributed by atoms with Gasteiger partial charge in [0.25, 0.3) is 0 Å². The van der Waals surface area contributed by atoms with Crippen LogP contribution in [0.1, 0.15) is 96.3 Å². The molecule has 0 radical (unpaired) electrons. The van der Waals surface area contributed by atoms with Crippen LogP contribution in [0, 0.1) is 16.7 Å². The van der Waals surface area contributed by atoms with E-state index < -0.39 is 0 Å². The van der Waals surface area contributed by atoms with E-state index in [0.29, 0.717) is 18.0 Å². The molecule has 0 unspecified atom stereocenters. The minimum Gasteiger partial charge on any atom is -0.326 e. The molecule has 1 amide bonds. The standard InChI is InChI=1S/C22H37N3O/c23-17-20-9-8-16-25(20)21(26)18-24-19-10-14-22(15-11-19)12-6-4-2-1-3-5-7-13-22/h19-20,24H,1-16,18H2/t20-/m0/s1. The number of hydrogen-bond acceptors (Lipinski definition) is 3. The van der Waals surface area contributed by atoms with E-state index in [-0.39, 0.29) is 11.9 Å². The fraction of sp³-hybridized carbons (Fsp3) is 0.909. The Bertz CT molecular complexity index is 478. The molecule has 4 nitrogen and oxygen atoms in total. The smallest absolute Gasteiger partial charge is 0.237 e. The number of amides is 1. The fourth-order valence-corrected chi connectivity index (χ4v) is 5.48. The van der Waals surface area contributed by atoms with Crippen molar-refractivity contribution < 1.29 is 4.79 Å². The zero-order chi connectivity index (χ0) is 18.2. The van der Waals surface area contributed by atoms with Gasteiger partial charge in [-0.25, -0.2) is 0 Å². The largest absolute Gasteiger partial charge is 0.326 e. The Labute approximate surface area is 159 Å². The number of carbonyl (C=O) groups is 1. The van der Waals surface area contributed by atoms with E-state index in [2.05, 4.69) is 11.4 Å². The number of hydrogen-bond donors (Lipinski definition) is 1. The lowest BCUT2D eigenvalue weighted by molar-refractivity contribution is -0.130. The van der Waals surface area contributed by atoms with E-state index in [1.165, 1.54) is 83.5 Å². The Morgan fingerprint density at radius 1 is 0.923 bits per heavy atom. The fourth-order valence-electron chi connectivity index (χ4n) is 5.48. The van der Waals surface area contributed by atoms with Gasteiger partial charge < -0.3 is 10.2 Å². The van der Waals surface area contributed by atoms with Gasteiger partial charge in [-0.15, -0.1) is 0 Å². The maximum Gasteiger partial charge on any atom is 0.237 e. The van der Waals surface area contributed by atoms with Crippen LogP contribution in [0.3, 0.4) is 0 Å². The summed E-state index contributed by atoms with van der Waals surface area (Å²) < 4.78 is 0. The number of rotatable bonds is 3. The SMILES string of the molecule is N#C[C@@H]1CCCN1C(=O)CNC1CCC2(CCCCCCCCC2)CC1. The average molecular weight is 360 g/mol. The van der Waals surface area contributed by atoms with Gasteiger partial charge in [-0.05, 0) is 56.8 Å². The highest BCUT2D eigenvalue weighted by Gasteiger charge is 2.35. The van der Waals surface area contributed by atoms with Crippen molar-refractivity contribution in [3.63, 3.8) is 0 Å². The molecule has 0 aromatic rings. The molecule has 26 heavy (non-hydrogen) atoms. The molecule has 3 rings (SSSR count). The zero-order valence-corrected chi connectivity index (χ0v) is 16.5. The van der Waals surface area contributed by atoms with Crippen LogP contribution in [-0.4, -0.2) is 36.0 Å². The Kier molecular flexibility index (Phi) is 7.37. The van der Waals surface area contributed by atoms with E-state index in [0.717, 1.165) is 19.4 Å². The van der Waals surface area contributed by atoms with Crippen molar-refractivity contribution in [2.24, 2.45) is 5.41 Å². The van der Waals surface area contributed by atoms with E-state index in [1.807, 2.05) is 0 Å². The summed E-state index contributed by atoms with van der Waals surface area (Å²) in [6, 6.07) is 2.57. The highest BCUT2D eigenvalue weighted by atomic mass is 16.2. The summed E-state index contributed by atoms with van der Waals surface area (Å²) in [6.45, 7) is 1.17. The summed E-state index contributed by atoms with van der Waals surface area (Å²) in [5, 5.41) is 12.7. The maximum atomic E-state index is 12.4. The van der Waals surface area contributed by atoms with Crippen molar-refractivity contribution in [1.82, 2.24) is 10.2 Å². The van der Waals surface area contributed by atoms with E-state index in [4.69, 9.17) is 5.26 Å². The molecular weight excluding hydrogens is 322 g/mol.